The van der Waals surface area contributed by atoms with Crippen molar-refractivity contribution >= 4 is 29.7 Å². The Morgan fingerprint density at radius 3 is 1.26 bits per heavy atom. The van der Waals surface area contributed by atoms with Gasteiger partial charge in [0.05, 0.1) is 11.1 Å². The van der Waals surface area contributed by atoms with Gasteiger partial charge in [0.15, 0.2) is 5.78 Å². The molecule has 0 unspecified atom stereocenters. The van der Waals surface area contributed by atoms with Crippen LogP contribution in [0.25, 0.3) is 0 Å². The van der Waals surface area contributed by atoms with Crippen molar-refractivity contribution in [2.45, 2.75) is 27.7 Å². The Morgan fingerprint density at radius 1 is 0.605 bits per heavy atom. The predicted octanol–water partition coefficient (Wildman–Crippen LogP) is 4.09. The van der Waals surface area contributed by atoms with E-state index in [-0.39, 0.29) is 54.5 Å². The first-order valence-corrected chi connectivity index (χ1v) is 11.7. The molecule has 9 nitrogen and oxygen atoms in total. The van der Waals surface area contributed by atoms with Crippen molar-refractivity contribution in [1.82, 2.24) is 0 Å². The van der Waals surface area contributed by atoms with E-state index in [1.165, 1.54) is 38.1 Å². The van der Waals surface area contributed by atoms with Crippen molar-refractivity contribution in [1.29, 1.82) is 0 Å². The third-order valence-corrected chi connectivity index (χ3v) is 5.21. The van der Waals surface area contributed by atoms with Crippen LogP contribution in [0.4, 0.5) is 0 Å². The van der Waals surface area contributed by atoms with E-state index in [2.05, 4.69) is 13.2 Å². The van der Waals surface area contributed by atoms with E-state index in [1.807, 2.05) is 0 Å². The van der Waals surface area contributed by atoms with Crippen molar-refractivity contribution in [3.8, 4) is 0 Å². The van der Waals surface area contributed by atoms with E-state index in [0.717, 1.165) is 0 Å². The molecule has 0 spiro atoms. The van der Waals surface area contributed by atoms with Gasteiger partial charge in [-0.3, -0.25) is 4.79 Å². The van der Waals surface area contributed by atoms with Crippen molar-refractivity contribution < 1.29 is 42.9 Å². The maximum absolute atomic E-state index is 13.0. The highest BCUT2D eigenvalue weighted by molar-refractivity contribution is 6.10. The Bertz CT molecular complexity index is 1190. The molecule has 0 atom stereocenters. The molecule has 0 radical (unpaired) electrons. The second-order valence-electron chi connectivity index (χ2n) is 8.49. The molecule has 0 saturated heterocycles. The summed E-state index contributed by atoms with van der Waals surface area (Å²) >= 11 is 0. The van der Waals surface area contributed by atoms with Gasteiger partial charge in [-0.2, -0.15) is 0 Å². The van der Waals surface area contributed by atoms with E-state index in [1.54, 1.807) is 26.0 Å². The summed E-state index contributed by atoms with van der Waals surface area (Å²) in [6.45, 7) is 12.9. The number of ether oxygens (including phenoxy) is 4. The zero-order valence-electron chi connectivity index (χ0n) is 21.9. The van der Waals surface area contributed by atoms with Gasteiger partial charge in [0, 0.05) is 22.3 Å². The maximum atomic E-state index is 13.0. The van der Waals surface area contributed by atoms with Gasteiger partial charge in [-0.1, -0.05) is 25.3 Å². The average Bonchev–Trinajstić information content (AvgIpc) is 2.87. The smallest absolute Gasteiger partial charge is 0.338 e. The molecule has 0 bridgehead atoms. The highest BCUT2D eigenvalue weighted by Gasteiger charge is 2.18. The van der Waals surface area contributed by atoms with Crippen LogP contribution in [0.5, 0.6) is 0 Å². The summed E-state index contributed by atoms with van der Waals surface area (Å²) in [4.78, 5) is 60.5. The van der Waals surface area contributed by atoms with Crippen LogP contribution in [0.1, 0.15) is 61.6 Å². The predicted molar refractivity (Wildman–Crippen MR) is 138 cm³/mol. The molecular weight excluding hydrogens is 492 g/mol. The molecule has 0 aliphatic heterocycles. The number of carbonyl (C=O) groups is 5. The number of aryl methyl sites for hydroxylation is 2. The molecule has 200 valence electrons. The number of benzene rings is 2. The lowest BCUT2D eigenvalue weighted by molar-refractivity contribution is -0.140. The molecule has 0 N–H and O–H groups in total. The second kappa shape index (κ2) is 13.7. The van der Waals surface area contributed by atoms with Gasteiger partial charge in [-0.25, -0.2) is 19.2 Å². The summed E-state index contributed by atoms with van der Waals surface area (Å²) in [5.41, 5.74) is 2.80. The molecular formula is C29H30O9. The largest absolute Gasteiger partial charge is 0.459 e. The van der Waals surface area contributed by atoms with Gasteiger partial charge in [0.1, 0.15) is 26.4 Å². The first-order valence-electron chi connectivity index (χ1n) is 11.7. The molecule has 2 aromatic rings. The number of rotatable bonds is 12. The molecule has 0 heterocycles. The summed E-state index contributed by atoms with van der Waals surface area (Å²) in [6, 6.07) is 9.15. The average molecular weight is 523 g/mol. The molecule has 0 aromatic heterocycles. The van der Waals surface area contributed by atoms with Gasteiger partial charge in [0.2, 0.25) is 0 Å². The molecule has 0 amide bonds. The third kappa shape index (κ3) is 8.26. The fourth-order valence-corrected chi connectivity index (χ4v) is 3.17. The van der Waals surface area contributed by atoms with E-state index in [4.69, 9.17) is 18.9 Å². The van der Waals surface area contributed by atoms with Crippen LogP contribution in [-0.2, 0) is 28.5 Å². The topological polar surface area (TPSA) is 122 Å². The number of esters is 4. The minimum Gasteiger partial charge on any atom is -0.459 e. The Kier molecular flexibility index (Phi) is 10.7. The lowest BCUT2D eigenvalue weighted by Gasteiger charge is -2.11. The Labute approximate surface area is 221 Å². The minimum atomic E-state index is -0.610. The number of carbonyl (C=O) groups excluding carboxylic acids is 5. The first-order chi connectivity index (χ1) is 17.9. The van der Waals surface area contributed by atoms with Gasteiger partial charge in [0.25, 0.3) is 0 Å². The molecule has 2 aromatic carbocycles. The molecule has 0 aliphatic carbocycles. The Morgan fingerprint density at radius 2 is 0.947 bits per heavy atom. The van der Waals surface area contributed by atoms with Gasteiger partial charge >= 0.3 is 23.9 Å². The lowest BCUT2D eigenvalue weighted by atomic mass is 9.96. The third-order valence-electron chi connectivity index (χ3n) is 5.21. The highest BCUT2D eigenvalue weighted by Crippen LogP contribution is 2.19. The van der Waals surface area contributed by atoms with Crippen LogP contribution in [0.15, 0.2) is 60.7 Å². The standard InChI is InChI=1S/C29H30O9/c1-17(2)26(31)35-11-13-37-28(33)23-9-7-21(15-19(23)5)25(30)22-8-10-24(20(6)16-22)29(34)38-14-12-36-27(32)18(3)4/h7-10,15-16H,1,3,11-14H2,2,4-6H3. The Hall–Kier alpha value is -4.53. The van der Waals surface area contributed by atoms with Crippen molar-refractivity contribution in [3.63, 3.8) is 0 Å². The second-order valence-corrected chi connectivity index (χ2v) is 8.49. The molecule has 9 heteroatoms. The summed E-state index contributed by atoms with van der Waals surface area (Å²) in [5.74, 6) is -2.65. The highest BCUT2D eigenvalue weighted by atomic mass is 16.6. The van der Waals surface area contributed by atoms with Crippen molar-refractivity contribution in [2.75, 3.05) is 26.4 Å². The summed E-state index contributed by atoms with van der Waals surface area (Å²) in [5, 5.41) is 0. The van der Waals surface area contributed by atoms with Crippen molar-refractivity contribution in [3.05, 3.63) is 94.1 Å². The van der Waals surface area contributed by atoms with Gasteiger partial charge < -0.3 is 18.9 Å². The fraction of sp³-hybridized carbons (Fsp3) is 0.276. The summed E-state index contributed by atoms with van der Waals surface area (Å²) in [6.07, 6.45) is 0. The molecule has 0 fully saturated rings. The zero-order chi connectivity index (χ0) is 28.4. The summed E-state index contributed by atoms with van der Waals surface area (Å²) in [7, 11) is 0. The van der Waals surface area contributed by atoms with Crippen LogP contribution < -0.4 is 0 Å². The lowest BCUT2D eigenvalue weighted by Crippen LogP contribution is -2.15. The molecule has 0 saturated carbocycles. The number of ketones is 1. The fourth-order valence-electron chi connectivity index (χ4n) is 3.17. The van der Waals surface area contributed by atoms with Crippen LogP contribution in [0, 0.1) is 13.8 Å². The zero-order valence-corrected chi connectivity index (χ0v) is 21.9. The molecule has 2 rings (SSSR count). The van der Waals surface area contributed by atoms with Gasteiger partial charge in [-0.05, 0) is 63.1 Å². The van der Waals surface area contributed by atoms with Gasteiger partial charge in [-0.15, -0.1) is 0 Å². The number of hydrogen-bond acceptors (Lipinski definition) is 9. The normalized spacial score (nSPS) is 10.2. The molecule has 38 heavy (non-hydrogen) atoms. The van der Waals surface area contributed by atoms with Crippen molar-refractivity contribution in [2.24, 2.45) is 0 Å². The maximum Gasteiger partial charge on any atom is 0.338 e. The van der Waals surface area contributed by atoms with E-state index in [9.17, 15) is 24.0 Å². The van der Waals surface area contributed by atoms with Crippen LogP contribution in [-0.4, -0.2) is 56.1 Å². The van der Waals surface area contributed by atoms with E-state index >= 15 is 0 Å². The first kappa shape index (κ1) is 29.7. The van der Waals surface area contributed by atoms with E-state index in [0.29, 0.717) is 22.3 Å². The molecule has 0 aliphatic rings. The SMILES string of the molecule is C=C(C)C(=O)OCCOC(=O)c1ccc(C(=O)c2ccc(C(=O)OCCOC(=O)C(=C)C)c(C)c2)cc1C. The van der Waals surface area contributed by atoms with E-state index < -0.39 is 23.9 Å². The van der Waals surface area contributed by atoms with Crippen LogP contribution in [0.3, 0.4) is 0 Å². The Balaban J connectivity index is 1.99. The minimum absolute atomic E-state index is 0.0988. The van der Waals surface area contributed by atoms with Crippen LogP contribution >= 0.6 is 0 Å². The van der Waals surface area contributed by atoms with Crippen LogP contribution in [0.2, 0.25) is 0 Å². The summed E-state index contributed by atoms with van der Waals surface area (Å²) < 4.78 is 20.0. The quantitative estimate of drug-likeness (QED) is 0.133. The number of hydrogen-bond donors (Lipinski definition) is 0. The monoisotopic (exact) mass is 522 g/mol.